The lowest BCUT2D eigenvalue weighted by molar-refractivity contribution is -0.146. The monoisotopic (exact) mass is 449 g/mol. The highest BCUT2D eigenvalue weighted by atomic mass is 32.2. The molecule has 31 heavy (non-hydrogen) atoms. The summed E-state index contributed by atoms with van der Waals surface area (Å²) in [6.45, 7) is 11.1. The topological polar surface area (TPSA) is 57.6 Å². The predicted octanol–water partition coefficient (Wildman–Crippen LogP) is 6.80. The summed E-state index contributed by atoms with van der Waals surface area (Å²) in [5.74, 6) is -0.217. The van der Waals surface area contributed by atoms with Crippen LogP contribution >= 0.6 is 11.8 Å². The number of aliphatic carboxylic acids is 1. The number of nitrogens with zero attached hydrogens (tertiary/aromatic N) is 1. The zero-order valence-electron chi connectivity index (χ0n) is 20.4. The highest BCUT2D eigenvalue weighted by molar-refractivity contribution is 7.98. The van der Waals surface area contributed by atoms with Gasteiger partial charge in [-0.2, -0.15) is 11.8 Å². The van der Waals surface area contributed by atoms with Crippen molar-refractivity contribution in [2.75, 3.05) is 18.6 Å². The summed E-state index contributed by atoms with van der Waals surface area (Å²) >= 11 is 1.59. The van der Waals surface area contributed by atoms with Crippen LogP contribution in [0.4, 0.5) is 0 Å². The number of hydrogen-bond acceptors (Lipinski definition) is 3. The third-order valence-electron chi connectivity index (χ3n) is 5.22. The van der Waals surface area contributed by atoms with Gasteiger partial charge in [0.25, 0.3) is 0 Å². The normalized spacial score (nSPS) is 13.7. The number of rotatable bonds is 17. The maximum atomic E-state index is 11.5. The number of carboxylic acids is 1. The first kappa shape index (κ1) is 29.2. The van der Waals surface area contributed by atoms with E-state index in [1.54, 1.807) is 11.8 Å². The second-order valence-corrected chi connectivity index (χ2v) is 9.47. The molecule has 0 fully saturated rings. The first-order chi connectivity index (χ1) is 14.7. The third kappa shape index (κ3) is 15.7. The predicted molar refractivity (Wildman–Crippen MR) is 136 cm³/mol. The molecule has 0 saturated heterocycles. The largest absolute Gasteiger partial charge is 0.480 e. The number of carbonyl (C=O) groups excluding carboxylic acids is 1. The maximum absolute atomic E-state index is 11.5. The minimum atomic E-state index is -0.938. The van der Waals surface area contributed by atoms with Crippen molar-refractivity contribution in [2.45, 2.75) is 85.6 Å². The van der Waals surface area contributed by atoms with Crippen LogP contribution in [-0.2, 0) is 9.59 Å². The van der Waals surface area contributed by atoms with Crippen LogP contribution in [0.1, 0.15) is 79.6 Å². The summed E-state index contributed by atoms with van der Waals surface area (Å²) in [6.07, 6.45) is 18.3. The first-order valence-corrected chi connectivity index (χ1v) is 12.6. The van der Waals surface area contributed by atoms with E-state index in [1.807, 2.05) is 19.3 Å². The maximum Gasteiger partial charge on any atom is 0.326 e. The van der Waals surface area contributed by atoms with Crippen molar-refractivity contribution in [3.63, 3.8) is 0 Å². The lowest BCUT2D eigenvalue weighted by Crippen LogP contribution is -2.41. The number of carbonyl (C=O) groups is 2. The fourth-order valence-electron chi connectivity index (χ4n) is 3.15. The highest BCUT2D eigenvalue weighted by Crippen LogP contribution is 2.14. The fraction of sp³-hybridized carbons (Fsp3) is 0.615. The van der Waals surface area contributed by atoms with Crippen molar-refractivity contribution in [1.29, 1.82) is 0 Å². The lowest BCUT2D eigenvalue weighted by atomic mass is 10.0. The van der Waals surface area contributed by atoms with Gasteiger partial charge in [0.2, 0.25) is 6.41 Å². The smallest absolute Gasteiger partial charge is 0.326 e. The van der Waals surface area contributed by atoms with Crippen molar-refractivity contribution in [1.82, 2.24) is 4.90 Å². The van der Waals surface area contributed by atoms with Crippen molar-refractivity contribution in [3.05, 3.63) is 46.6 Å². The molecule has 0 radical (unpaired) electrons. The van der Waals surface area contributed by atoms with Gasteiger partial charge in [-0.1, -0.05) is 46.6 Å². The van der Waals surface area contributed by atoms with Gasteiger partial charge in [0.15, 0.2) is 0 Å². The zero-order valence-corrected chi connectivity index (χ0v) is 21.3. The molecule has 0 bridgehead atoms. The highest BCUT2D eigenvalue weighted by Gasteiger charge is 2.23. The summed E-state index contributed by atoms with van der Waals surface area (Å²) < 4.78 is 0. The molecule has 0 spiro atoms. The van der Waals surface area contributed by atoms with Crippen molar-refractivity contribution < 1.29 is 14.7 Å². The number of carboxylic acid groups (broad SMARTS) is 1. The number of thioether (sulfide) groups is 1. The Bertz CT molecular complexity index is 658. The second kappa shape index (κ2) is 17.9. The second-order valence-electron chi connectivity index (χ2n) is 8.49. The molecule has 4 nitrogen and oxygen atoms in total. The van der Waals surface area contributed by atoms with Crippen LogP contribution in [0.5, 0.6) is 0 Å². The number of allylic oxidation sites excluding steroid dienone is 7. The van der Waals surface area contributed by atoms with Crippen LogP contribution in [-0.4, -0.2) is 47.0 Å². The Morgan fingerprint density at radius 1 is 0.871 bits per heavy atom. The standard InChI is InChI=1S/C26H43NO3S/c1-21(2)10-7-11-22(3)12-8-13-23(4)14-9-15-24(5)16-18-27(20-28)25(26(29)30)17-19-31-6/h10,12,14,16,20,25H,7-9,11,13,15,17-19H2,1-6H3,(H,29,30)/t25-/m0/s1. The Balaban J connectivity index is 4.44. The Labute approximate surface area is 194 Å². The van der Waals surface area contributed by atoms with Gasteiger partial charge in [0, 0.05) is 6.54 Å². The van der Waals surface area contributed by atoms with Crippen LogP contribution in [0.25, 0.3) is 0 Å². The molecular formula is C26H43NO3S. The van der Waals surface area contributed by atoms with Crippen molar-refractivity contribution in [3.8, 4) is 0 Å². The minimum Gasteiger partial charge on any atom is -0.480 e. The molecule has 0 unspecified atom stereocenters. The summed E-state index contributed by atoms with van der Waals surface area (Å²) in [5.41, 5.74) is 5.42. The average molecular weight is 450 g/mol. The van der Waals surface area contributed by atoms with Gasteiger partial charge in [-0.05, 0) is 91.6 Å². The molecule has 0 aromatic rings. The van der Waals surface area contributed by atoms with E-state index in [2.05, 4.69) is 45.9 Å². The van der Waals surface area contributed by atoms with Gasteiger partial charge in [0.1, 0.15) is 6.04 Å². The Morgan fingerprint density at radius 3 is 1.77 bits per heavy atom. The van der Waals surface area contributed by atoms with Crippen LogP contribution in [0.15, 0.2) is 46.6 Å². The molecule has 176 valence electrons. The molecular weight excluding hydrogens is 406 g/mol. The summed E-state index contributed by atoms with van der Waals surface area (Å²) in [7, 11) is 0. The summed E-state index contributed by atoms with van der Waals surface area (Å²) in [4.78, 5) is 24.2. The quantitative estimate of drug-likeness (QED) is 0.196. The van der Waals surface area contributed by atoms with Gasteiger partial charge in [-0.15, -0.1) is 0 Å². The molecule has 0 saturated carbocycles. The summed E-state index contributed by atoms with van der Waals surface area (Å²) in [6, 6.07) is -0.755. The molecule has 1 N–H and O–H groups in total. The minimum absolute atomic E-state index is 0.347. The molecule has 0 aliphatic carbocycles. The molecule has 0 aromatic heterocycles. The van der Waals surface area contributed by atoms with Gasteiger partial charge in [-0.25, -0.2) is 4.79 Å². The molecule has 1 amide bonds. The molecule has 0 heterocycles. The first-order valence-electron chi connectivity index (χ1n) is 11.2. The molecule has 5 heteroatoms. The third-order valence-corrected chi connectivity index (χ3v) is 5.86. The average Bonchev–Trinajstić information content (AvgIpc) is 2.69. The van der Waals surface area contributed by atoms with Crippen molar-refractivity contribution >= 4 is 24.1 Å². The van der Waals surface area contributed by atoms with Crippen LogP contribution in [0.2, 0.25) is 0 Å². The van der Waals surface area contributed by atoms with Crippen LogP contribution < -0.4 is 0 Å². The van der Waals surface area contributed by atoms with E-state index in [9.17, 15) is 14.7 Å². The van der Waals surface area contributed by atoms with Crippen molar-refractivity contribution in [2.24, 2.45) is 0 Å². The Hall–Kier alpha value is -1.75. The Kier molecular flexibility index (Phi) is 16.9. The molecule has 1 atom stereocenters. The number of hydrogen-bond donors (Lipinski definition) is 1. The fourth-order valence-corrected chi connectivity index (χ4v) is 3.61. The SMILES string of the molecule is CSCC[C@@H](C(=O)O)N(C=O)CC=C(C)CCC=C(C)CCC=C(C)CCC=C(C)C. The van der Waals surface area contributed by atoms with Gasteiger partial charge in [0.05, 0.1) is 0 Å². The van der Waals surface area contributed by atoms with E-state index in [0.29, 0.717) is 19.4 Å². The lowest BCUT2D eigenvalue weighted by Gasteiger charge is -2.23. The zero-order chi connectivity index (χ0) is 23.6. The van der Waals surface area contributed by atoms with Crippen LogP contribution in [0, 0.1) is 0 Å². The molecule has 0 aliphatic heterocycles. The summed E-state index contributed by atoms with van der Waals surface area (Å²) in [5, 5.41) is 9.39. The van der Waals surface area contributed by atoms with E-state index in [1.165, 1.54) is 27.2 Å². The number of amides is 1. The molecule has 0 aliphatic rings. The van der Waals surface area contributed by atoms with E-state index in [4.69, 9.17) is 0 Å². The van der Waals surface area contributed by atoms with Gasteiger partial charge in [-0.3, -0.25) is 4.79 Å². The molecule has 0 aromatic carbocycles. The molecule has 0 rings (SSSR count). The Morgan fingerprint density at radius 2 is 1.35 bits per heavy atom. The van der Waals surface area contributed by atoms with Crippen LogP contribution in [0.3, 0.4) is 0 Å². The van der Waals surface area contributed by atoms with E-state index < -0.39 is 12.0 Å². The van der Waals surface area contributed by atoms with Gasteiger partial charge < -0.3 is 10.0 Å². The van der Waals surface area contributed by atoms with Gasteiger partial charge >= 0.3 is 5.97 Å². The van der Waals surface area contributed by atoms with E-state index in [0.717, 1.165) is 44.3 Å². The van der Waals surface area contributed by atoms with E-state index in [-0.39, 0.29) is 0 Å². The van der Waals surface area contributed by atoms with E-state index >= 15 is 0 Å².